The second-order valence-electron chi connectivity index (χ2n) is 10.5. The second kappa shape index (κ2) is 10.8. The number of halogens is 6. The second-order valence-corrected chi connectivity index (χ2v) is 10.9. The number of alkyl halides is 6. The van der Waals surface area contributed by atoms with Gasteiger partial charge >= 0.3 is 18.0 Å². The van der Waals surface area contributed by atoms with Crippen molar-refractivity contribution >= 4 is 28.7 Å². The molecule has 0 aromatic heterocycles. The number of nitrogens with one attached hydrogen (secondary N) is 2. The van der Waals surface area contributed by atoms with Gasteiger partial charge in [-0.15, -0.1) is 0 Å². The van der Waals surface area contributed by atoms with Crippen LogP contribution in [-0.4, -0.2) is 46.4 Å². The first-order chi connectivity index (χ1) is 16.7. The first-order valence-corrected chi connectivity index (χ1v) is 11.5. The number of anilines is 1. The summed E-state index contributed by atoms with van der Waals surface area (Å²) in [7, 11) is 3.43. The average Bonchev–Trinajstić information content (AvgIpc) is 2.71. The highest BCUT2D eigenvalue weighted by Crippen LogP contribution is 2.37. The molecule has 0 saturated heterocycles. The summed E-state index contributed by atoms with van der Waals surface area (Å²) in [4.78, 5) is 10.7. The van der Waals surface area contributed by atoms with Gasteiger partial charge in [0.25, 0.3) is 4.92 Å². The number of quaternary nitrogens is 1. The lowest BCUT2D eigenvalue weighted by Gasteiger charge is -2.39. The van der Waals surface area contributed by atoms with Crippen LogP contribution in [0.4, 0.5) is 37.7 Å². The summed E-state index contributed by atoms with van der Waals surface area (Å²) < 4.78 is 79.8. The van der Waals surface area contributed by atoms with Crippen molar-refractivity contribution < 1.29 is 41.0 Å². The molecule has 0 heterocycles. The van der Waals surface area contributed by atoms with Crippen LogP contribution in [0.3, 0.4) is 0 Å². The van der Waals surface area contributed by atoms with Crippen molar-refractivity contribution in [3.05, 3.63) is 64.1 Å². The Morgan fingerprint density at radius 2 is 1.46 bits per heavy atom. The van der Waals surface area contributed by atoms with Crippen LogP contribution in [0.25, 0.3) is 0 Å². The molecule has 204 valence electrons. The first kappa shape index (κ1) is 30.3. The predicted octanol–water partition coefficient (Wildman–Crippen LogP) is 6.50. The van der Waals surface area contributed by atoms with Crippen molar-refractivity contribution in [3.8, 4) is 0 Å². The van der Waals surface area contributed by atoms with Crippen LogP contribution in [0.15, 0.2) is 42.5 Å². The number of likely N-dealkylation sites (N-methyl/N-ethyl adjacent to an activating group) is 1. The average molecular weight is 553 g/mol. The van der Waals surface area contributed by atoms with Crippen molar-refractivity contribution in [1.29, 1.82) is 0 Å². The minimum Gasteiger partial charge on any atom is -0.354 e. The van der Waals surface area contributed by atoms with Gasteiger partial charge in [-0.3, -0.25) is 0 Å². The zero-order valence-electron chi connectivity index (χ0n) is 21.0. The maximum Gasteiger partial charge on any atom is 0.416 e. The molecule has 0 aliphatic rings. The molecule has 0 radical (unpaired) electrons. The van der Waals surface area contributed by atoms with Crippen molar-refractivity contribution in [2.24, 2.45) is 5.41 Å². The largest absolute Gasteiger partial charge is 0.416 e. The van der Waals surface area contributed by atoms with E-state index in [1.54, 1.807) is 14.1 Å². The Bertz CT molecular complexity index is 1090. The molecule has 2 rings (SSSR count). The van der Waals surface area contributed by atoms with Crippen molar-refractivity contribution in [2.45, 2.75) is 45.7 Å². The highest BCUT2D eigenvalue weighted by Gasteiger charge is 2.38. The molecule has 0 aliphatic carbocycles. The summed E-state index contributed by atoms with van der Waals surface area (Å²) >= 11 is 5.40. The number of hydrogen-bond acceptors (Lipinski definition) is 2. The van der Waals surface area contributed by atoms with Gasteiger partial charge in [0.15, 0.2) is 5.11 Å². The summed E-state index contributed by atoms with van der Waals surface area (Å²) in [6, 6.07) is 7.11. The SMILES string of the molecule is CC(C)(C)[C@@H](C[N+](C)(C)Cc1cc(C(F)(F)F)cc(C(F)(F)F)c1)NC(=S)Nc1ccc([N+](=O)O)cc1. The van der Waals surface area contributed by atoms with E-state index in [0.717, 1.165) is 12.1 Å². The fourth-order valence-electron chi connectivity index (χ4n) is 3.70. The van der Waals surface area contributed by atoms with Gasteiger partial charge in [0.2, 0.25) is 0 Å². The maximum absolute atomic E-state index is 13.3. The molecule has 0 aliphatic heterocycles. The van der Waals surface area contributed by atoms with E-state index in [9.17, 15) is 31.2 Å². The van der Waals surface area contributed by atoms with Crippen LogP contribution in [0.2, 0.25) is 0 Å². The molecule has 0 amide bonds. The van der Waals surface area contributed by atoms with Crippen molar-refractivity contribution in [2.75, 3.05) is 26.0 Å². The van der Waals surface area contributed by atoms with Gasteiger partial charge in [-0.2, -0.15) is 26.3 Å². The third-order valence-electron chi connectivity index (χ3n) is 5.63. The van der Waals surface area contributed by atoms with Gasteiger partial charge in [0, 0.05) is 23.4 Å². The van der Waals surface area contributed by atoms with E-state index < -0.39 is 28.9 Å². The summed E-state index contributed by atoms with van der Waals surface area (Å²) in [5.41, 5.74) is -2.61. The summed E-state index contributed by atoms with van der Waals surface area (Å²) in [5, 5.41) is 15.3. The van der Waals surface area contributed by atoms with Gasteiger partial charge < -0.3 is 15.1 Å². The van der Waals surface area contributed by atoms with E-state index in [0.29, 0.717) is 12.2 Å². The molecule has 0 bridgehead atoms. The Balaban J connectivity index is 2.23. The molecule has 0 spiro atoms. The van der Waals surface area contributed by atoms with Gasteiger partial charge in [-0.05, 0) is 48.0 Å². The zero-order chi connectivity index (χ0) is 28.4. The Kier molecular flexibility index (Phi) is 8.86. The van der Waals surface area contributed by atoms with E-state index in [2.05, 4.69) is 10.6 Å². The Morgan fingerprint density at radius 3 is 1.86 bits per heavy atom. The zero-order valence-corrected chi connectivity index (χ0v) is 21.8. The normalized spacial score (nSPS) is 13.7. The molecule has 1 atom stereocenters. The first-order valence-electron chi connectivity index (χ1n) is 11.1. The molecule has 0 fully saturated rings. The Morgan fingerprint density at radius 1 is 0.973 bits per heavy atom. The van der Waals surface area contributed by atoms with Gasteiger partial charge in [0.1, 0.15) is 6.54 Å². The highest BCUT2D eigenvalue weighted by molar-refractivity contribution is 7.80. The number of benzene rings is 2. The number of thiocarbonyl (C=S) groups is 1. The van der Waals surface area contributed by atoms with Crippen LogP contribution in [0.5, 0.6) is 0 Å². The minimum atomic E-state index is -4.91. The lowest BCUT2D eigenvalue weighted by atomic mass is 9.86. The quantitative estimate of drug-likeness (QED) is 0.158. The van der Waals surface area contributed by atoms with Crippen LogP contribution >= 0.6 is 12.2 Å². The van der Waals surface area contributed by atoms with E-state index in [4.69, 9.17) is 17.4 Å². The third-order valence-corrected chi connectivity index (χ3v) is 5.85. The monoisotopic (exact) mass is 552 g/mol. The minimum absolute atomic E-state index is 0.0271. The van der Waals surface area contributed by atoms with Crippen LogP contribution < -0.4 is 10.6 Å². The van der Waals surface area contributed by atoms with Gasteiger partial charge in [-0.1, -0.05) is 20.8 Å². The summed E-state index contributed by atoms with van der Waals surface area (Å²) in [5.74, 6) is 0. The van der Waals surface area contributed by atoms with E-state index >= 15 is 0 Å². The third kappa shape index (κ3) is 9.15. The van der Waals surface area contributed by atoms with Gasteiger partial charge in [-0.25, -0.2) is 5.21 Å². The summed E-state index contributed by atoms with van der Waals surface area (Å²) in [6.45, 7) is 6.02. The Hall–Kier alpha value is -2.93. The maximum atomic E-state index is 13.3. The number of nitrogens with zero attached hydrogens (tertiary/aromatic N) is 2. The lowest BCUT2D eigenvalue weighted by molar-refractivity contribution is -0.905. The Labute approximate surface area is 216 Å². The number of rotatable bonds is 7. The van der Waals surface area contributed by atoms with Crippen molar-refractivity contribution in [3.63, 3.8) is 0 Å². The summed E-state index contributed by atoms with van der Waals surface area (Å²) in [6.07, 6.45) is -9.83. The van der Waals surface area contributed by atoms with Crippen LogP contribution in [0.1, 0.15) is 37.5 Å². The fourth-order valence-corrected chi connectivity index (χ4v) is 3.96. The molecule has 13 heteroatoms. The molecular weight excluding hydrogens is 522 g/mol. The van der Waals surface area contributed by atoms with Crippen molar-refractivity contribution in [1.82, 2.24) is 5.32 Å². The standard InChI is InChI=1S/C24H29F6N4O2S/c1-22(2,3)20(32-21(37)31-18-6-8-19(9-7-18)33(35)36)14-34(4,5)13-15-10-16(23(25,26)27)12-17(11-15)24(28,29)30/h6-12,20H,13-14H2,1-5H3,(H2-,31,32,35,36,37)/q+1/p+1/t20-/m1/s1. The molecule has 0 unspecified atom stereocenters. The molecular formula is C24H30F6N4O2S+2. The fraction of sp³-hybridized carbons (Fsp3) is 0.458. The molecule has 2 aromatic carbocycles. The molecule has 2 aromatic rings. The topological polar surface area (TPSA) is 64.4 Å². The smallest absolute Gasteiger partial charge is 0.354 e. The number of hydrogen-bond donors (Lipinski definition) is 3. The molecule has 6 nitrogen and oxygen atoms in total. The molecule has 3 N–H and O–H groups in total. The molecule has 0 saturated carbocycles. The highest BCUT2D eigenvalue weighted by atomic mass is 32.1. The van der Waals surface area contributed by atoms with E-state index in [-0.39, 0.29) is 44.4 Å². The predicted molar refractivity (Wildman–Crippen MR) is 131 cm³/mol. The van der Waals surface area contributed by atoms with E-state index in [1.807, 2.05) is 20.8 Å². The van der Waals surface area contributed by atoms with Crippen LogP contribution in [0, 0.1) is 10.3 Å². The molecule has 37 heavy (non-hydrogen) atoms. The van der Waals surface area contributed by atoms with E-state index in [1.165, 1.54) is 24.3 Å². The van der Waals surface area contributed by atoms with Gasteiger partial charge in [0.05, 0.1) is 42.7 Å². The lowest BCUT2D eigenvalue weighted by Crippen LogP contribution is -2.56. The van der Waals surface area contributed by atoms with Crippen LogP contribution in [-0.2, 0) is 18.9 Å².